The number of esters is 1. The molecule has 31 heavy (non-hydrogen) atoms. The average Bonchev–Trinajstić information content (AvgIpc) is 3.14. The summed E-state index contributed by atoms with van der Waals surface area (Å²) >= 11 is 5.76. The number of rotatable bonds is 10. The molecule has 1 heterocycles. The minimum atomic E-state index is -4.07. The van der Waals surface area contributed by atoms with Gasteiger partial charge in [0.1, 0.15) is 23.9 Å². The lowest BCUT2D eigenvalue weighted by Gasteiger charge is -2.13. The molecule has 0 saturated heterocycles. The number of hydrogen-bond donors (Lipinski definition) is 2. The number of carbonyl (C=O) groups excluding carboxylic acids is 2. The third-order valence-electron chi connectivity index (χ3n) is 3.46. The van der Waals surface area contributed by atoms with E-state index in [0.717, 1.165) is 4.68 Å². The normalized spacial score (nSPS) is 11.1. The lowest BCUT2D eigenvalue weighted by Crippen LogP contribution is -2.36. The zero-order chi connectivity index (χ0) is 23.0. The van der Waals surface area contributed by atoms with Crippen molar-refractivity contribution in [1.29, 1.82) is 0 Å². The van der Waals surface area contributed by atoms with Crippen molar-refractivity contribution in [2.75, 3.05) is 17.3 Å². The van der Waals surface area contributed by atoms with Crippen LogP contribution in [0.2, 0.25) is 5.02 Å². The maximum Gasteiger partial charge on any atom is 0.408 e. The first-order chi connectivity index (χ1) is 14.6. The fraction of sp³-hybridized carbons (Fsp3) is 0.294. The van der Waals surface area contributed by atoms with Gasteiger partial charge in [0, 0.05) is 6.20 Å². The Bertz CT molecular complexity index is 1030. The number of ether oxygens (including phenoxy) is 3. The Hall–Kier alpha value is -3.06. The molecule has 0 fully saturated rings. The summed E-state index contributed by atoms with van der Waals surface area (Å²) in [6, 6.07) is 6.60. The van der Waals surface area contributed by atoms with Gasteiger partial charge in [0.15, 0.2) is 0 Å². The van der Waals surface area contributed by atoms with Crippen LogP contribution in [0.1, 0.15) is 23.0 Å². The van der Waals surface area contributed by atoms with Gasteiger partial charge in [0.05, 0.1) is 11.6 Å². The van der Waals surface area contributed by atoms with Gasteiger partial charge in [-0.3, -0.25) is 0 Å². The summed E-state index contributed by atoms with van der Waals surface area (Å²) in [6.45, 7) is -1.78. The van der Waals surface area contributed by atoms with Crippen molar-refractivity contribution < 1.29 is 41.0 Å². The number of halogens is 3. The minimum Gasteiger partial charge on any atom is -0.456 e. The van der Waals surface area contributed by atoms with Crippen LogP contribution in [-0.2, 0) is 26.1 Å². The predicted molar refractivity (Wildman–Crippen MR) is 105 cm³/mol. The zero-order valence-corrected chi connectivity index (χ0v) is 17.6. The monoisotopic (exact) mass is 481 g/mol. The van der Waals surface area contributed by atoms with Crippen LogP contribution in [0.5, 0.6) is 5.75 Å². The number of amides is 1. The molecule has 14 heteroatoms. The molecule has 2 N–H and O–H groups in total. The Morgan fingerprint density at radius 1 is 1.23 bits per heavy atom. The van der Waals surface area contributed by atoms with E-state index in [2.05, 4.69) is 14.3 Å². The fourth-order valence-corrected chi connectivity index (χ4v) is 3.19. The highest BCUT2D eigenvalue weighted by Crippen LogP contribution is 2.27. The van der Waals surface area contributed by atoms with Gasteiger partial charge in [-0.15, -0.1) is 0 Å². The highest BCUT2D eigenvalue weighted by Gasteiger charge is 2.18. The summed E-state index contributed by atoms with van der Waals surface area (Å²) in [5, 5.41) is 1.99. The molecule has 2 rings (SSSR count). The Balaban J connectivity index is 2.00. The van der Waals surface area contributed by atoms with Crippen molar-refractivity contribution >= 4 is 33.7 Å². The van der Waals surface area contributed by atoms with Crippen molar-refractivity contribution in [3.05, 3.63) is 52.8 Å². The van der Waals surface area contributed by atoms with E-state index in [1.807, 2.05) is 5.32 Å². The van der Waals surface area contributed by atoms with Crippen molar-refractivity contribution in [2.45, 2.75) is 20.1 Å². The van der Waals surface area contributed by atoms with Gasteiger partial charge in [-0.2, -0.15) is 8.78 Å². The quantitative estimate of drug-likeness (QED) is 0.500. The Morgan fingerprint density at radius 3 is 2.65 bits per heavy atom. The molecule has 170 valence electrons. The van der Waals surface area contributed by atoms with Crippen LogP contribution in [0, 0.1) is 0 Å². The van der Waals surface area contributed by atoms with Crippen molar-refractivity contribution in [2.24, 2.45) is 0 Å². The number of nitrogens with zero attached hydrogens (tertiary/aromatic N) is 1. The maximum absolute atomic E-state index is 12.4. The SMILES string of the molecule is CCOC(=O)NCS(=O)(=O)Nn1cccc1C(=O)OCc1ccc(Cl)c(OC(F)F)c1. The van der Waals surface area contributed by atoms with Gasteiger partial charge in [-0.25, -0.2) is 27.5 Å². The van der Waals surface area contributed by atoms with E-state index in [9.17, 15) is 26.8 Å². The first-order valence-electron chi connectivity index (χ1n) is 8.60. The number of hydrogen-bond acceptors (Lipinski definition) is 7. The van der Waals surface area contributed by atoms with Crippen LogP contribution in [0.15, 0.2) is 36.5 Å². The molecule has 1 aromatic carbocycles. The lowest BCUT2D eigenvalue weighted by atomic mass is 10.2. The zero-order valence-electron chi connectivity index (χ0n) is 16.0. The molecular formula is C17H18ClF2N3O7S. The lowest BCUT2D eigenvalue weighted by molar-refractivity contribution is -0.0499. The van der Waals surface area contributed by atoms with Gasteiger partial charge in [0.25, 0.3) is 10.0 Å². The van der Waals surface area contributed by atoms with Crippen molar-refractivity contribution in [3.8, 4) is 5.75 Å². The predicted octanol–water partition coefficient (Wildman–Crippen LogP) is 2.68. The Labute approximate surface area is 181 Å². The molecule has 0 aliphatic carbocycles. The molecular weight excluding hydrogens is 464 g/mol. The first kappa shape index (κ1) is 24.2. The number of alkyl carbamates (subject to hydrolysis) is 1. The fourth-order valence-electron chi connectivity index (χ4n) is 2.19. The number of alkyl halides is 2. The average molecular weight is 482 g/mol. The summed E-state index contributed by atoms with van der Waals surface area (Å²) in [5.74, 6) is -1.98. The van der Waals surface area contributed by atoms with Crippen LogP contribution < -0.4 is 14.9 Å². The number of sulfonamides is 1. The molecule has 2 aromatic rings. The molecule has 0 saturated carbocycles. The second-order valence-electron chi connectivity index (χ2n) is 5.73. The van der Waals surface area contributed by atoms with Crippen molar-refractivity contribution in [1.82, 2.24) is 9.99 Å². The maximum atomic E-state index is 12.4. The molecule has 0 radical (unpaired) electrons. The molecule has 1 aromatic heterocycles. The van der Waals surface area contributed by atoms with Crippen LogP contribution in [0.3, 0.4) is 0 Å². The molecule has 0 atom stereocenters. The summed E-state index contributed by atoms with van der Waals surface area (Å²) < 4.78 is 63.7. The summed E-state index contributed by atoms with van der Waals surface area (Å²) in [5.41, 5.74) is 0.142. The number of carbonyl (C=O) groups is 2. The summed E-state index contributed by atoms with van der Waals surface area (Å²) in [4.78, 5) is 25.6. The van der Waals surface area contributed by atoms with Gasteiger partial charge in [-0.05, 0) is 36.8 Å². The third-order valence-corrected chi connectivity index (χ3v) is 4.77. The van der Waals surface area contributed by atoms with Crippen LogP contribution in [-0.4, -0.2) is 44.3 Å². The minimum absolute atomic E-state index is 0.0462. The highest BCUT2D eigenvalue weighted by molar-refractivity contribution is 7.92. The van der Waals surface area contributed by atoms with E-state index in [1.165, 1.54) is 36.5 Å². The second-order valence-corrected chi connectivity index (χ2v) is 7.84. The number of aromatic nitrogens is 1. The Morgan fingerprint density at radius 2 is 1.97 bits per heavy atom. The van der Waals surface area contributed by atoms with Crippen LogP contribution >= 0.6 is 11.6 Å². The highest BCUT2D eigenvalue weighted by atomic mass is 35.5. The van der Waals surface area contributed by atoms with Gasteiger partial charge in [0.2, 0.25) is 0 Å². The van der Waals surface area contributed by atoms with E-state index in [1.54, 1.807) is 6.92 Å². The molecule has 1 amide bonds. The van der Waals surface area contributed by atoms with Gasteiger partial charge >= 0.3 is 18.7 Å². The van der Waals surface area contributed by atoms with E-state index < -0.39 is 34.6 Å². The number of nitrogens with one attached hydrogen (secondary N) is 2. The largest absolute Gasteiger partial charge is 0.456 e. The number of benzene rings is 1. The van der Waals surface area contributed by atoms with E-state index in [0.29, 0.717) is 5.56 Å². The topological polar surface area (TPSA) is 125 Å². The summed E-state index contributed by atoms with van der Waals surface area (Å²) in [7, 11) is -4.07. The smallest absolute Gasteiger partial charge is 0.408 e. The molecule has 10 nitrogen and oxygen atoms in total. The van der Waals surface area contributed by atoms with E-state index >= 15 is 0 Å². The molecule has 0 aliphatic rings. The first-order valence-corrected chi connectivity index (χ1v) is 10.6. The van der Waals surface area contributed by atoms with Crippen LogP contribution in [0.25, 0.3) is 0 Å². The van der Waals surface area contributed by atoms with Gasteiger partial charge < -0.3 is 19.5 Å². The molecule has 0 bridgehead atoms. The third kappa shape index (κ3) is 7.61. The summed E-state index contributed by atoms with van der Waals surface area (Å²) in [6.07, 6.45) is 0.327. The molecule has 0 spiro atoms. The Kier molecular flexibility index (Phi) is 8.45. The van der Waals surface area contributed by atoms with E-state index in [4.69, 9.17) is 16.3 Å². The van der Waals surface area contributed by atoms with E-state index in [-0.39, 0.29) is 29.7 Å². The molecule has 0 aliphatic heterocycles. The standard InChI is InChI=1S/C17H18ClF2N3O7S/c1-2-28-17(25)21-10-31(26,27)22-23-7-3-4-13(23)15(24)29-9-11-5-6-12(18)14(8-11)30-16(19)20/h3-8,16,22H,2,9-10H2,1H3,(H,21,25). The van der Waals surface area contributed by atoms with Crippen molar-refractivity contribution in [3.63, 3.8) is 0 Å². The van der Waals surface area contributed by atoms with Crippen LogP contribution in [0.4, 0.5) is 13.6 Å². The molecule has 0 unspecified atom stereocenters. The second kappa shape index (κ2) is 10.8. The van der Waals surface area contributed by atoms with Gasteiger partial charge in [-0.1, -0.05) is 17.7 Å².